The number of hydrogen-bond acceptors (Lipinski definition) is 2. The van der Waals surface area contributed by atoms with Crippen molar-refractivity contribution in [3.63, 3.8) is 0 Å². The molecule has 0 bridgehead atoms. The van der Waals surface area contributed by atoms with Gasteiger partial charge in [0, 0.05) is 29.0 Å². The van der Waals surface area contributed by atoms with E-state index in [1.165, 1.54) is 0 Å². The van der Waals surface area contributed by atoms with Crippen molar-refractivity contribution in [2.24, 2.45) is 0 Å². The molecular formula is C18H20BrNO3. The quantitative estimate of drug-likeness (QED) is 0.823. The van der Waals surface area contributed by atoms with Gasteiger partial charge in [-0.15, -0.1) is 0 Å². The SMILES string of the molecule is O=C(O)CCc1ccc(-c2ccc(Br)cc2)n1C[C@H]1CCCO1. The summed E-state index contributed by atoms with van der Waals surface area (Å²) in [7, 11) is 0. The number of rotatable bonds is 6. The number of aliphatic carboxylic acids is 1. The minimum Gasteiger partial charge on any atom is -0.481 e. The summed E-state index contributed by atoms with van der Waals surface area (Å²) in [5.74, 6) is -0.764. The number of halogens is 1. The number of aromatic nitrogens is 1. The molecule has 4 nitrogen and oxygen atoms in total. The number of aryl methyl sites for hydroxylation is 1. The zero-order valence-electron chi connectivity index (χ0n) is 12.9. The van der Waals surface area contributed by atoms with Gasteiger partial charge in [0.2, 0.25) is 0 Å². The van der Waals surface area contributed by atoms with Gasteiger partial charge in [-0.1, -0.05) is 28.1 Å². The Labute approximate surface area is 144 Å². The summed E-state index contributed by atoms with van der Waals surface area (Å²) in [6.07, 6.45) is 3.08. The predicted molar refractivity (Wildman–Crippen MR) is 92.5 cm³/mol. The van der Waals surface area contributed by atoms with Crippen molar-refractivity contribution >= 4 is 21.9 Å². The summed E-state index contributed by atoms with van der Waals surface area (Å²) >= 11 is 3.46. The van der Waals surface area contributed by atoms with Crippen molar-refractivity contribution in [2.45, 2.75) is 38.3 Å². The fourth-order valence-corrected chi connectivity index (χ4v) is 3.31. The Kier molecular flexibility index (Phi) is 5.18. The number of carbonyl (C=O) groups is 1. The van der Waals surface area contributed by atoms with Crippen LogP contribution < -0.4 is 0 Å². The van der Waals surface area contributed by atoms with Crippen LogP contribution >= 0.6 is 15.9 Å². The van der Waals surface area contributed by atoms with Gasteiger partial charge < -0.3 is 14.4 Å². The monoisotopic (exact) mass is 377 g/mol. The Hall–Kier alpha value is -1.59. The minimum atomic E-state index is -0.764. The molecule has 1 N–H and O–H groups in total. The number of hydrogen-bond donors (Lipinski definition) is 1. The summed E-state index contributed by atoms with van der Waals surface area (Å²) in [4.78, 5) is 10.9. The van der Waals surface area contributed by atoms with E-state index < -0.39 is 5.97 Å². The normalized spacial score (nSPS) is 17.5. The molecule has 1 aliphatic heterocycles. The summed E-state index contributed by atoms with van der Waals surface area (Å²) < 4.78 is 9.04. The van der Waals surface area contributed by atoms with Gasteiger partial charge in [-0.3, -0.25) is 4.79 Å². The third kappa shape index (κ3) is 4.03. The maximum Gasteiger partial charge on any atom is 0.303 e. The maximum atomic E-state index is 10.9. The zero-order valence-corrected chi connectivity index (χ0v) is 14.5. The molecule has 1 atom stereocenters. The Balaban J connectivity index is 1.90. The first-order valence-corrected chi connectivity index (χ1v) is 8.70. The highest BCUT2D eigenvalue weighted by molar-refractivity contribution is 9.10. The molecule has 1 saturated heterocycles. The van der Waals surface area contributed by atoms with Crippen LogP contribution in [-0.2, 0) is 22.5 Å². The highest BCUT2D eigenvalue weighted by Crippen LogP contribution is 2.27. The fraction of sp³-hybridized carbons (Fsp3) is 0.389. The standard InChI is InChI=1S/C18H20BrNO3/c19-14-5-3-13(4-6-14)17-9-7-15(8-10-18(21)22)20(17)12-16-2-1-11-23-16/h3-7,9,16H,1-2,8,10-12H2,(H,21,22)/t16-/m1/s1. The van der Waals surface area contributed by atoms with Gasteiger partial charge in [-0.25, -0.2) is 0 Å². The van der Waals surface area contributed by atoms with Gasteiger partial charge in [0.25, 0.3) is 0 Å². The number of ether oxygens (including phenoxy) is 1. The molecule has 23 heavy (non-hydrogen) atoms. The van der Waals surface area contributed by atoms with Gasteiger partial charge in [-0.2, -0.15) is 0 Å². The molecule has 0 amide bonds. The van der Waals surface area contributed by atoms with Gasteiger partial charge in [0.15, 0.2) is 0 Å². The number of nitrogens with zero attached hydrogens (tertiary/aromatic N) is 1. The van der Waals surface area contributed by atoms with E-state index in [2.05, 4.69) is 38.7 Å². The van der Waals surface area contributed by atoms with Gasteiger partial charge in [-0.05, 0) is 49.1 Å². The molecular weight excluding hydrogens is 358 g/mol. The first-order valence-electron chi connectivity index (χ1n) is 7.91. The van der Waals surface area contributed by atoms with Crippen molar-refractivity contribution < 1.29 is 14.6 Å². The van der Waals surface area contributed by atoms with E-state index >= 15 is 0 Å². The van der Waals surface area contributed by atoms with Gasteiger partial charge >= 0.3 is 5.97 Å². The Morgan fingerprint density at radius 3 is 2.70 bits per heavy atom. The van der Waals surface area contributed by atoms with Crippen LogP contribution in [-0.4, -0.2) is 28.4 Å². The second kappa shape index (κ2) is 7.32. The van der Waals surface area contributed by atoms with Crippen LogP contribution in [0.4, 0.5) is 0 Å². The molecule has 1 aliphatic rings. The predicted octanol–water partition coefficient (Wildman–Crippen LogP) is 4.11. The first kappa shape index (κ1) is 16.3. The third-order valence-electron chi connectivity index (χ3n) is 4.22. The highest BCUT2D eigenvalue weighted by atomic mass is 79.9. The van der Waals surface area contributed by atoms with E-state index in [-0.39, 0.29) is 12.5 Å². The topological polar surface area (TPSA) is 51.5 Å². The molecule has 5 heteroatoms. The molecule has 1 aromatic heterocycles. The van der Waals surface area contributed by atoms with Crippen molar-refractivity contribution in [1.29, 1.82) is 0 Å². The highest BCUT2D eigenvalue weighted by Gasteiger charge is 2.19. The number of carboxylic acids is 1. The van der Waals surface area contributed by atoms with Gasteiger partial charge in [0.1, 0.15) is 0 Å². The van der Waals surface area contributed by atoms with Crippen LogP contribution in [0.15, 0.2) is 40.9 Å². The van der Waals surface area contributed by atoms with Crippen molar-refractivity contribution in [3.05, 3.63) is 46.6 Å². The van der Waals surface area contributed by atoms with Crippen LogP contribution in [0.25, 0.3) is 11.3 Å². The average molecular weight is 378 g/mol. The van der Waals surface area contributed by atoms with Crippen molar-refractivity contribution in [3.8, 4) is 11.3 Å². The lowest BCUT2D eigenvalue weighted by molar-refractivity contribution is -0.136. The lowest BCUT2D eigenvalue weighted by Gasteiger charge is -2.17. The minimum absolute atomic E-state index is 0.148. The van der Waals surface area contributed by atoms with Crippen LogP contribution in [0.5, 0.6) is 0 Å². The Morgan fingerprint density at radius 2 is 2.04 bits per heavy atom. The second-order valence-corrected chi connectivity index (χ2v) is 6.77. The molecule has 1 aromatic carbocycles. The molecule has 0 aliphatic carbocycles. The van der Waals surface area contributed by atoms with Crippen LogP contribution in [0.3, 0.4) is 0 Å². The maximum absolute atomic E-state index is 10.9. The molecule has 2 heterocycles. The van der Waals surface area contributed by atoms with Crippen LogP contribution in [0.2, 0.25) is 0 Å². The summed E-state index contributed by atoms with van der Waals surface area (Å²) in [6.45, 7) is 1.61. The zero-order chi connectivity index (χ0) is 16.2. The lowest BCUT2D eigenvalue weighted by atomic mass is 10.1. The van der Waals surface area contributed by atoms with Gasteiger partial charge in [0.05, 0.1) is 12.5 Å². The van der Waals surface area contributed by atoms with E-state index in [0.29, 0.717) is 6.42 Å². The number of benzene rings is 1. The third-order valence-corrected chi connectivity index (χ3v) is 4.74. The van der Waals surface area contributed by atoms with E-state index in [9.17, 15) is 4.79 Å². The molecule has 2 aromatic rings. The molecule has 122 valence electrons. The fourth-order valence-electron chi connectivity index (χ4n) is 3.04. The molecule has 1 fully saturated rings. The van der Waals surface area contributed by atoms with E-state index in [4.69, 9.17) is 9.84 Å². The van der Waals surface area contributed by atoms with E-state index in [1.807, 2.05) is 18.2 Å². The van der Waals surface area contributed by atoms with Crippen LogP contribution in [0.1, 0.15) is 25.0 Å². The number of carboxylic acid groups (broad SMARTS) is 1. The molecule has 0 saturated carbocycles. The molecule has 0 radical (unpaired) electrons. The lowest BCUT2D eigenvalue weighted by Crippen LogP contribution is -2.18. The first-order chi connectivity index (χ1) is 11.1. The molecule has 0 unspecified atom stereocenters. The summed E-state index contributed by atoms with van der Waals surface area (Å²) in [5.41, 5.74) is 3.31. The molecule has 3 rings (SSSR count). The van der Waals surface area contributed by atoms with E-state index in [1.54, 1.807) is 0 Å². The summed E-state index contributed by atoms with van der Waals surface area (Å²) in [5, 5.41) is 8.97. The smallest absolute Gasteiger partial charge is 0.303 e. The summed E-state index contributed by atoms with van der Waals surface area (Å²) in [6, 6.07) is 12.3. The largest absolute Gasteiger partial charge is 0.481 e. The average Bonchev–Trinajstić information content (AvgIpc) is 3.17. The van der Waals surface area contributed by atoms with Crippen molar-refractivity contribution in [1.82, 2.24) is 4.57 Å². The molecule has 0 spiro atoms. The Morgan fingerprint density at radius 1 is 1.26 bits per heavy atom. The second-order valence-electron chi connectivity index (χ2n) is 5.86. The van der Waals surface area contributed by atoms with Crippen molar-refractivity contribution in [2.75, 3.05) is 6.61 Å². The Bertz CT molecular complexity index is 672. The van der Waals surface area contributed by atoms with Crippen LogP contribution in [0, 0.1) is 0 Å². The van der Waals surface area contributed by atoms with E-state index in [0.717, 1.165) is 47.4 Å².